The molecule has 1 aromatic heterocycles. The molecular formula is C21H22FNO3. The molecule has 0 aliphatic rings. The van der Waals surface area contributed by atoms with Crippen LogP contribution >= 0.6 is 0 Å². The van der Waals surface area contributed by atoms with Crippen LogP contribution in [-0.4, -0.2) is 20.7 Å². The summed E-state index contributed by atoms with van der Waals surface area (Å²) in [6, 6.07) is 10.1. The van der Waals surface area contributed by atoms with Crippen molar-refractivity contribution in [1.29, 1.82) is 0 Å². The zero-order chi connectivity index (χ0) is 19.0. The number of benzene rings is 2. The first-order valence-corrected chi connectivity index (χ1v) is 8.64. The molecule has 0 aliphatic heterocycles. The maximum atomic E-state index is 13.7. The quantitative estimate of drug-likeness (QED) is 0.682. The highest BCUT2D eigenvalue weighted by atomic mass is 19.1. The summed E-state index contributed by atoms with van der Waals surface area (Å²) in [7, 11) is 0. The van der Waals surface area contributed by atoms with Crippen molar-refractivity contribution in [2.75, 3.05) is 0 Å². The van der Waals surface area contributed by atoms with Crippen LogP contribution in [0.3, 0.4) is 0 Å². The van der Waals surface area contributed by atoms with Gasteiger partial charge in [-0.15, -0.1) is 0 Å². The number of nitrogens with zero attached hydrogens (tertiary/aromatic N) is 1. The number of halogens is 1. The molecule has 1 heterocycles. The predicted molar refractivity (Wildman–Crippen MR) is 99.7 cm³/mol. The van der Waals surface area contributed by atoms with Crippen LogP contribution in [0.4, 0.5) is 4.39 Å². The van der Waals surface area contributed by atoms with E-state index in [-0.39, 0.29) is 23.9 Å². The van der Waals surface area contributed by atoms with Crippen LogP contribution < -0.4 is 0 Å². The monoisotopic (exact) mass is 355 g/mol. The lowest BCUT2D eigenvalue weighted by molar-refractivity contribution is -0.136. The van der Waals surface area contributed by atoms with E-state index in [9.17, 15) is 14.3 Å². The first kappa shape index (κ1) is 18.0. The molecule has 0 unspecified atom stereocenters. The third kappa shape index (κ3) is 3.17. The van der Waals surface area contributed by atoms with Crippen LogP contribution in [0.15, 0.2) is 36.4 Å². The summed E-state index contributed by atoms with van der Waals surface area (Å²) >= 11 is 0. The fraction of sp³-hybridized carbons (Fsp3) is 0.286. The molecule has 0 aliphatic carbocycles. The van der Waals surface area contributed by atoms with Crippen LogP contribution in [-0.2, 0) is 11.2 Å². The third-order valence-corrected chi connectivity index (χ3v) is 4.63. The molecule has 2 aromatic carbocycles. The van der Waals surface area contributed by atoms with Gasteiger partial charge in [0.2, 0.25) is 0 Å². The third-order valence-electron chi connectivity index (χ3n) is 4.63. The van der Waals surface area contributed by atoms with Gasteiger partial charge in [0.1, 0.15) is 11.6 Å². The number of aromatic nitrogens is 1. The SMILES string of the molecule is Cc1cc(-n2c(C(C)C)c(CCC(=O)O)c3cc(O)ccc32)ccc1F. The second-order valence-electron chi connectivity index (χ2n) is 6.88. The summed E-state index contributed by atoms with van der Waals surface area (Å²) in [5.41, 5.74) is 4.14. The maximum absolute atomic E-state index is 13.7. The van der Waals surface area contributed by atoms with Gasteiger partial charge in [-0.1, -0.05) is 13.8 Å². The maximum Gasteiger partial charge on any atom is 0.303 e. The number of carboxylic acid groups (broad SMARTS) is 1. The Labute approximate surface area is 151 Å². The standard InChI is InChI=1S/C21H22FNO3/c1-12(2)21-16(6-9-20(25)26)17-11-15(24)5-8-19(17)23(21)14-4-7-18(22)13(3)10-14/h4-5,7-8,10-12,24H,6,9H2,1-3H3,(H,25,26). The highest BCUT2D eigenvalue weighted by Crippen LogP contribution is 2.36. The average molecular weight is 355 g/mol. The Kier molecular flexibility index (Phi) is 4.72. The van der Waals surface area contributed by atoms with Gasteiger partial charge in [0, 0.05) is 23.2 Å². The van der Waals surface area contributed by atoms with Gasteiger partial charge in [-0.3, -0.25) is 4.79 Å². The van der Waals surface area contributed by atoms with E-state index in [0.717, 1.165) is 27.8 Å². The van der Waals surface area contributed by atoms with Crippen LogP contribution in [0.5, 0.6) is 5.75 Å². The van der Waals surface area contributed by atoms with Gasteiger partial charge in [-0.25, -0.2) is 4.39 Å². The Bertz CT molecular complexity index is 989. The zero-order valence-electron chi connectivity index (χ0n) is 15.1. The minimum atomic E-state index is -0.863. The van der Waals surface area contributed by atoms with Crippen molar-refractivity contribution in [3.05, 3.63) is 59.0 Å². The van der Waals surface area contributed by atoms with Crippen molar-refractivity contribution < 1.29 is 19.4 Å². The minimum Gasteiger partial charge on any atom is -0.508 e. The molecule has 0 spiro atoms. The summed E-state index contributed by atoms with van der Waals surface area (Å²) in [4.78, 5) is 11.1. The first-order valence-electron chi connectivity index (χ1n) is 8.64. The van der Waals surface area contributed by atoms with Gasteiger partial charge in [-0.2, -0.15) is 0 Å². The lowest BCUT2D eigenvalue weighted by Crippen LogP contribution is -2.06. The first-order chi connectivity index (χ1) is 12.3. The Morgan fingerprint density at radius 1 is 1.19 bits per heavy atom. The van der Waals surface area contributed by atoms with Gasteiger partial charge >= 0.3 is 5.97 Å². The summed E-state index contributed by atoms with van der Waals surface area (Å²) in [5, 5.41) is 19.9. The van der Waals surface area contributed by atoms with E-state index in [1.165, 1.54) is 6.07 Å². The summed E-state index contributed by atoms with van der Waals surface area (Å²) in [6.45, 7) is 5.81. The van der Waals surface area contributed by atoms with E-state index >= 15 is 0 Å². The molecule has 3 rings (SSSR count). The number of aromatic hydroxyl groups is 1. The predicted octanol–water partition coefficient (Wildman–Crippen LogP) is 4.92. The van der Waals surface area contributed by atoms with Crippen LogP contribution in [0, 0.1) is 12.7 Å². The summed E-state index contributed by atoms with van der Waals surface area (Å²) in [5.74, 6) is -0.867. The zero-order valence-corrected chi connectivity index (χ0v) is 15.1. The number of aliphatic carboxylic acids is 1. The molecule has 136 valence electrons. The second-order valence-corrected chi connectivity index (χ2v) is 6.88. The number of hydrogen-bond acceptors (Lipinski definition) is 2. The number of aryl methyl sites for hydroxylation is 2. The van der Waals surface area contributed by atoms with Crippen LogP contribution in [0.2, 0.25) is 0 Å². The fourth-order valence-electron chi connectivity index (χ4n) is 3.51. The van der Waals surface area contributed by atoms with Crippen molar-refractivity contribution in [2.24, 2.45) is 0 Å². The van der Waals surface area contributed by atoms with Gasteiger partial charge in [0.15, 0.2) is 0 Å². The number of phenolic OH excluding ortho intramolecular Hbond substituents is 1. The van der Waals surface area contributed by atoms with Crippen LogP contribution in [0.25, 0.3) is 16.6 Å². The molecule has 5 heteroatoms. The molecule has 0 saturated carbocycles. The Morgan fingerprint density at radius 2 is 1.92 bits per heavy atom. The number of carbonyl (C=O) groups is 1. The van der Waals surface area contributed by atoms with Crippen molar-refractivity contribution in [1.82, 2.24) is 4.57 Å². The van der Waals surface area contributed by atoms with E-state index in [4.69, 9.17) is 5.11 Å². The van der Waals surface area contributed by atoms with Gasteiger partial charge in [0.05, 0.1) is 5.52 Å². The molecule has 0 fully saturated rings. The van der Waals surface area contributed by atoms with Crippen LogP contribution in [0.1, 0.15) is 43.0 Å². The Balaban J connectivity index is 2.34. The van der Waals surface area contributed by atoms with Crippen molar-refractivity contribution >= 4 is 16.9 Å². The largest absolute Gasteiger partial charge is 0.508 e. The minimum absolute atomic E-state index is 0.0108. The molecule has 4 nitrogen and oxygen atoms in total. The van der Waals surface area contributed by atoms with Crippen molar-refractivity contribution in [2.45, 2.75) is 39.5 Å². The smallest absolute Gasteiger partial charge is 0.303 e. The van der Waals surface area contributed by atoms with Gasteiger partial charge in [0.25, 0.3) is 0 Å². The highest BCUT2D eigenvalue weighted by Gasteiger charge is 2.21. The number of hydrogen-bond donors (Lipinski definition) is 2. The highest BCUT2D eigenvalue weighted by molar-refractivity contribution is 5.89. The lowest BCUT2D eigenvalue weighted by Gasteiger charge is -2.16. The molecule has 2 N–H and O–H groups in total. The fourth-order valence-corrected chi connectivity index (χ4v) is 3.51. The van der Waals surface area contributed by atoms with E-state index in [2.05, 4.69) is 0 Å². The van der Waals surface area contributed by atoms with E-state index < -0.39 is 5.97 Å². The normalized spacial score (nSPS) is 11.4. The van der Waals surface area contributed by atoms with E-state index in [1.54, 1.807) is 31.2 Å². The van der Waals surface area contributed by atoms with Gasteiger partial charge < -0.3 is 14.8 Å². The van der Waals surface area contributed by atoms with Gasteiger partial charge in [-0.05, 0) is 66.8 Å². The van der Waals surface area contributed by atoms with Crippen molar-refractivity contribution in [3.8, 4) is 11.4 Å². The Morgan fingerprint density at radius 3 is 2.54 bits per heavy atom. The number of fused-ring (bicyclic) bond motifs is 1. The Hall–Kier alpha value is -2.82. The molecule has 0 bridgehead atoms. The average Bonchev–Trinajstić information content (AvgIpc) is 2.89. The molecule has 0 saturated heterocycles. The number of phenols is 1. The number of carboxylic acids is 1. The molecule has 26 heavy (non-hydrogen) atoms. The second kappa shape index (κ2) is 6.83. The van der Waals surface area contributed by atoms with E-state index in [1.807, 2.05) is 24.5 Å². The van der Waals surface area contributed by atoms with E-state index in [0.29, 0.717) is 12.0 Å². The molecule has 0 atom stereocenters. The lowest BCUT2D eigenvalue weighted by atomic mass is 9.99. The molecule has 0 radical (unpaired) electrons. The molecule has 0 amide bonds. The van der Waals surface area contributed by atoms with Crippen molar-refractivity contribution in [3.63, 3.8) is 0 Å². The summed E-state index contributed by atoms with van der Waals surface area (Å²) in [6.07, 6.45) is 0.382. The number of rotatable bonds is 5. The topological polar surface area (TPSA) is 62.5 Å². The molecule has 3 aromatic rings. The summed E-state index contributed by atoms with van der Waals surface area (Å²) < 4.78 is 15.8. The molecular weight excluding hydrogens is 333 g/mol.